The molecule has 3 aromatic rings. The van der Waals surface area contributed by atoms with Crippen LogP contribution in [-0.2, 0) is 17.9 Å². The van der Waals surface area contributed by atoms with E-state index in [-0.39, 0.29) is 0 Å². The molecule has 0 fully saturated rings. The number of aromatic nitrogens is 2. The minimum atomic E-state index is 0.550. The Balaban J connectivity index is 1.96. The Hall–Kier alpha value is -2.33. The summed E-state index contributed by atoms with van der Waals surface area (Å²) in [5.41, 5.74) is 6.88. The highest BCUT2D eigenvalue weighted by molar-refractivity contribution is 5.86. The standard InChI is InChI=1S/C20H24N2O2/c1-14-6-5-7-17(12-14)13-24-18-8-9-21-19-15(2)16(3)22(20(18)19)10-11-23-4/h5-9,12H,10-11,13H2,1-4H3. The van der Waals surface area contributed by atoms with E-state index in [1.54, 1.807) is 7.11 Å². The van der Waals surface area contributed by atoms with Gasteiger partial charge in [-0.1, -0.05) is 29.8 Å². The lowest BCUT2D eigenvalue weighted by molar-refractivity contribution is 0.187. The molecule has 2 aromatic heterocycles. The van der Waals surface area contributed by atoms with Gasteiger partial charge in [-0.3, -0.25) is 4.98 Å². The number of nitrogens with zero attached hydrogens (tertiary/aromatic N) is 2. The Labute approximate surface area is 143 Å². The molecule has 1 aromatic carbocycles. The summed E-state index contributed by atoms with van der Waals surface area (Å²) in [5, 5.41) is 0. The molecule has 0 bridgehead atoms. The number of hydrogen-bond acceptors (Lipinski definition) is 3. The van der Waals surface area contributed by atoms with Crippen LogP contribution in [0, 0.1) is 20.8 Å². The van der Waals surface area contributed by atoms with Crippen molar-refractivity contribution >= 4 is 11.0 Å². The number of methoxy groups -OCH3 is 1. The maximum atomic E-state index is 6.15. The van der Waals surface area contributed by atoms with Gasteiger partial charge in [0.25, 0.3) is 0 Å². The first-order valence-electron chi connectivity index (χ1n) is 8.23. The zero-order valence-electron chi connectivity index (χ0n) is 14.8. The first-order valence-corrected chi connectivity index (χ1v) is 8.23. The second-order valence-electron chi connectivity index (χ2n) is 6.14. The lowest BCUT2D eigenvalue weighted by Gasteiger charge is -2.12. The van der Waals surface area contributed by atoms with Crippen molar-refractivity contribution in [1.82, 2.24) is 9.55 Å². The molecule has 0 N–H and O–H groups in total. The van der Waals surface area contributed by atoms with Gasteiger partial charge in [-0.15, -0.1) is 0 Å². The molecule has 24 heavy (non-hydrogen) atoms. The molecular weight excluding hydrogens is 300 g/mol. The van der Waals surface area contributed by atoms with Crippen LogP contribution in [0.1, 0.15) is 22.4 Å². The molecule has 0 radical (unpaired) electrons. The lowest BCUT2D eigenvalue weighted by Crippen LogP contribution is -2.07. The van der Waals surface area contributed by atoms with Crippen molar-refractivity contribution in [3.63, 3.8) is 0 Å². The molecule has 0 spiro atoms. The quantitative estimate of drug-likeness (QED) is 0.682. The summed E-state index contributed by atoms with van der Waals surface area (Å²) in [6.07, 6.45) is 1.82. The van der Waals surface area contributed by atoms with E-state index < -0.39 is 0 Å². The number of pyridine rings is 1. The second kappa shape index (κ2) is 7.05. The van der Waals surface area contributed by atoms with E-state index in [0.717, 1.165) is 23.3 Å². The first kappa shape index (κ1) is 16.5. The predicted molar refractivity (Wildman–Crippen MR) is 96.6 cm³/mol. The number of benzene rings is 1. The smallest absolute Gasteiger partial charge is 0.147 e. The van der Waals surface area contributed by atoms with Gasteiger partial charge in [-0.05, 0) is 31.9 Å². The summed E-state index contributed by atoms with van der Waals surface area (Å²) in [7, 11) is 1.72. The Morgan fingerprint density at radius 2 is 1.96 bits per heavy atom. The van der Waals surface area contributed by atoms with Gasteiger partial charge >= 0.3 is 0 Å². The lowest BCUT2D eigenvalue weighted by atomic mass is 10.1. The predicted octanol–water partition coefficient (Wildman–Crippen LogP) is 4.19. The number of aryl methyl sites for hydroxylation is 2. The molecule has 0 saturated heterocycles. The number of hydrogen-bond donors (Lipinski definition) is 0. The minimum absolute atomic E-state index is 0.550. The topological polar surface area (TPSA) is 36.3 Å². The number of ether oxygens (including phenoxy) is 2. The van der Waals surface area contributed by atoms with Crippen molar-refractivity contribution in [2.75, 3.05) is 13.7 Å². The van der Waals surface area contributed by atoms with E-state index >= 15 is 0 Å². The van der Waals surface area contributed by atoms with Gasteiger partial charge in [0.15, 0.2) is 0 Å². The van der Waals surface area contributed by atoms with Crippen molar-refractivity contribution < 1.29 is 9.47 Å². The third-order valence-electron chi connectivity index (χ3n) is 4.46. The molecule has 4 heteroatoms. The SMILES string of the molecule is COCCn1c(C)c(C)c2nccc(OCc3cccc(C)c3)c21. The second-order valence-corrected chi connectivity index (χ2v) is 6.14. The molecule has 0 aliphatic carbocycles. The monoisotopic (exact) mass is 324 g/mol. The van der Waals surface area contributed by atoms with Crippen molar-refractivity contribution in [2.24, 2.45) is 0 Å². The highest BCUT2D eigenvalue weighted by atomic mass is 16.5. The molecule has 126 valence electrons. The van der Waals surface area contributed by atoms with Crippen molar-refractivity contribution in [1.29, 1.82) is 0 Å². The summed E-state index contributed by atoms with van der Waals surface area (Å²) in [5.74, 6) is 0.869. The summed E-state index contributed by atoms with van der Waals surface area (Å²) < 4.78 is 13.6. The van der Waals surface area contributed by atoms with E-state index in [2.05, 4.69) is 54.6 Å². The Morgan fingerprint density at radius 3 is 2.71 bits per heavy atom. The van der Waals surface area contributed by atoms with Gasteiger partial charge in [0.05, 0.1) is 12.1 Å². The zero-order valence-corrected chi connectivity index (χ0v) is 14.8. The van der Waals surface area contributed by atoms with Crippen LogP contribution in [0.2, 0.25) is 0 Å². The van der Waals surface area contributed by atoms with Gasteiger partial charge in [-0.2, -0.15) is 0 Å². The van der Waals surface area contributed by atoms with Gasteiger partial charge in [0, 0.05) is 31.6 Å². The Bertz CT molecular complexity index is 852. The van der Waals surface area contributed by atoms with Crippen molar-refractivity contribution in [2.45, 2.75) is 33.9 Å². The maximum absolute atomic E-state index is 6.15. The molecule has 0 aliphatic rings. The van der Waals surface area contributed by atoms with Crippen molar-refractivity contribution in [3.05, 3.63) is 58.9 Å². The van der Waals surface area contributed by atoms with E-state index in [1.165, 1.54) is 22.4 Å². The minimum Gasteiger partial charge on any atom is -0.487 e. The number of rotatable bonds is 6. The van der Waals surface area contributed by atoms with Crippen molar-refractivity contribution in [3.8, 4) is 5.75 Å². The van der Waals surface area contributed by atoms with Gasteiger partial charge in [0.2, 0.25) is 0 Å². The largest absolute Gasteiger partial charge is 0.487 e. The summed E-state index contributed by atoms with van der Waals surface area (Å²) in [6.45, 7) is 8.33. The molecule has 0 amide bonds. The molecule has 0 unspecified atom stereocenters. The average molecular weight is 324 g/mol. The third-order valence-corrected chi connectivity index (χ3v) is 4.46. The zero-order chi connectivity index (χ0) is 17.1. The van der Waals surface area contributed by atoms with Gasteiger partial charge in [-0.25, -0.2) is 0 Å². The average Bonchev–Trinajstić information content (AvgIpc) is 2.83. The van der Waals surface area contributed by atoms with Crippen LogP contribution < -0.4 is 4.74 Å². The Kier molecular flexibility index (Phi) is 4.86. The summed E-state index contributed by atoms with van der Waals surface area (Å²) >= 11 is 0. The van der Waals surface area contributed by atoms with Crippen LogP contribution in [0.25, 0.3) is 11.0 Å². The first-order chi connectivity index (χ1) is 11.6. The van der Waals surface area contributed by atoms with E-state index in [1.807, 2.05) is 12.3 Å². The molecule has 4 nitrogen and oxygen atoms in total. The molecule has 3 rings (SSSR count). The molecule has 0 atom stereocenters. The highest BCUT2D eigenvalue weighted by Crippen LogP contribution is 2.31. The molecule has 2 heterocycles. The molecule has 0 aliphatic heterocycles. The van der Waals surface area contributed by atoms with Gasteiger partial charge in [0.1, 0.15) is 17.9 Å². The fourth-order valence-corrected chi connectivity index (χ4v) is 3.05. The maximum Gasteiger partial charge on any atom is 0.147 e. The summed E-state index contributed by atoms with van der Waals surface area (Å²) in [4.78, 5) is 4.56. The molecule has 0 saturated carbocycles. The summed E-state index contributed by atoms with van der Waals surface area (Å²) in [6, 6.07) is 10.3. The fourth-order valence-electron chi connectivity index (χ4n) is 3.05. The highest BCUT2D eigenvalue weighted by Gasteiger charge is 2.16. The third kappa shape index (κ3) is 3.15. The van der Waals surface area contributed by atoms with Crippen LogP contribution in [0.3, 0.4) is 0 Å². The van der Waals surface area contributed by atoms with Crippen LogP contribution in [-0.4, -0.2) is 23.3 Å². The van der Waals surface area contributed by atoms with E-state index in [4.69, 9.17) is 9.47 Å². The Morgan fingerprint density at radius 1 is 1.12 bits per heavy atom. The van der Waals surface area contributed by atoms with Crippen LogP contribution >= 0.6 is 0 Å². The van der Waals surface area contributed by atoms with E-state index in [9.17, 15) is 0 Å². The van der Waals surface area contributed by atoms with E-state index in [0.29, 0.717) is 13.2 Å². The van der Waals surface area contributed by atoms with Crippen LogP contribution in [0.15, 0.2) is 36.5 Å². The van der Waals surface area contributed by atoms with Crippen LogP contribution in [0.4, 0.5) is 0 Å². The van der Waals surface area contributed by atoms with Gasteiger partial charge < -0.3 is 14.0 Å². The molecular formula is C20H24N2O2. The normalized spacial score (nSPS) is 11.2. The van der Waals surface area contributed by atoms with Crippen LogP contribution in [0.5, 0.6) is 5.75 Å². The fraction of sp³-hybridized carbons (Fsp3) is 0.350. The number of fused-ring (bicyclic) bond motifs is 1.